The fourth-order valence-electron chi connectivity index (χ4n) is 2.90. The fourth-order valence-corrected chi connectivity index (χ4v) is 2.90. The summed E-state index contributed by atoms with van der Waals surface area (Å²) in [6.45, 7) is 4.78. The molecular weight excluding hydrogens is 431 g/mol. The zero-order valence-corrected chi connectivity index (χ0v) is 17.6. The van der Waals surface area contributed by atoms with Gasteiger partial charge in [0.15, 0.2) is 5.96 Å². The van der Waals surface area contributed by atoms with Crippen LogP contribution in [0.2, 0.25) is 0 Å². The second-order valence-electron chi connectivity index (χ2n) is 6.00. The Kier molecular flexibility index (Phi) is 9.81. The number of guanidine groups is 1. The van der Waals surface area contributed by atoms with Gasteiger partial charge in [0.25, 0.3) is 0 Å². The molecule has 6 nitrogen and oxygen atoms in total. The molecule has 25 heavy (non-hydrogen) atoms. The summed E-state index contributed by atoms with van der Waals surface area (Å²) in [6, 6.07) is 8.55. The minimum Gasteiger partial charge on any atom is -0.380 e. The Morgan fingerprint density at radius 1 is 1.40 bits per heavy atom. The SMILES string of the molecule is CCC(=O)N1CCC(NC(=NC)NCc2cccc(COC)c2)C1.I. The summed E-state index contributed by atoms with van der Waals surface area (Å²) >= 11 is 0. The van der Waals surface area contributed by atoms with Crippen LogP contribution in [0.3, 0.4) is 0 Å². The molecule has 0 aliphatic carbocycles. The van der Waals surface area contributed by atoms with E-state index in [-0.39, 0.29) is 35.9 Å². The first-order chi connectivity index (χ1) is 11.7. The molecule has 1 aliphatic heterocycles. The summed E-state index contributed by atoms with van der Waals surface area (Å²) in [6.07, 6.45) is 1.52. The van der Waals surface area contributed by atoms with Gasteiger partial charge in [-0.05, 0) is 17.5 Å². The molecule has 0 radical (unpaired) electrons. The maximum Gasteiger partial charge on any atom is 0.222 e. The van der Waals surface area contributed by atoms with E-state index in [4.69, 9.17) is 4.74 Å². The van der Waals surface area contributed by atoms with E-state index in [1.165, 1.54) is 5.56 Å². The second kappa shape index (κ2) is 11.3. The van der Waals surface area contributed by atoms with Crippen molar-refractivity contribution in [2.75, 3.05) is 27.2 Å². The van der Waals surface area contributed by atoms with Crippen LogP contribution in [0.5, 0.6) is 0 Å². The van der Waals surface area contributed by atoms with Gasteiger partial charge in [0.1, 0.15) is 0 Å². The highest BCUT2D eigenvalue weighted by atomic mass is 127. The van der Waals surface area contributed by atoms with E-state index in [0.29, 0.717) is 19.6 Å². The molecule has 1 saturated heterocycles. The molecule has 0 saturated carbocycles. The predicted octanol–water partition coefficient (Wildman–Crippen LogP) is 2.13. The summed E-state index contributed by atoms with van der Waals surface area (Å²) in [7, 11) is 3.46. The number of aliphatic imine (C=N–C) groups is 1. The predicted molar refractivity (Wildman–Crippen MR) is 111 cm³/mol. The highest BCUT2D eigenvalue weighted by Crippen LogP contribution is 2.10. The van der Waals surface area contributed by atoms with Crippen molar-refractivity contribution < 1.29 is 9.53 Å². The molecule has 0 spiro atoms. The van der Waals surface area contributed by atoms with E-state index in [0.717, 1.165) is 31.0 Å². The first kappa shape index (κ1) is 21.7. The number of benzene rings is 1. The molecule has 2 rings (SSSR count). The van der Waals surface area contributed by atoms with Crippen molar-refractivity contribution in [3.8, 4) is 0 Å². The number of halogens is 1. The van der Waals surface area contributed by atoms with E-state index >= 15 is 0 Å². The largest absolute Gasteiger partial charge is 0.380 e. The summed E-state index contributed by atoms with van der Waals surface area (Å²) < 4.78 is 5.17. The number of methoxy groups -OCH3 is 1. The molecule has 140 valence electrons. The number of carbonyl (C=O) groups excluding carboxylic acids is 1. The number of hydrogen-bond donors (Lipinski definition) is 2. The zero-order chi connectivity index (χ0) is 17.4. The third-order valence-electron chi connectivity index (χ3n) is 4.17. The molecule has 1 atom stereocenters. The molecule has 1 unspecified atom stereocenters. The lowest BCUT2D eigenvalue weighted by Gasteiger charge is -2.19. The van der Waals surface area contributed by atoms with Gasteiger partial charge in [0, 0.05) is 46.3 Å². The number of rotatable bonds is 6. The molecule has 2 N–H and O–H groups in total. The van der Waals surface area contributed by atoms with Crippen LogP contribution in [0, 0.1) is 0 Å². The van der Waals surface area contributed by atoms with Crippen LogP contribution in [0.25, 0.3) is 0 Å². The quantitative estimate of drug-likeness (QED) is 0.388. The summed E-state index contributed by atoms with van der Waals surface area (Å²) in [4.78, 5) is 18.0. The Bertz CT molecular complexity index is 580. The molecule has 0 aromatic heterocycles. The lowest BCUT2D eigenvalue weighted by Crippen LogP contribution is -2.44. The van der Waals surface area contributed by atoms with Gasteiger partial charge in [0.05, 0.1) is 6.61 Å². The average molecular weight is 460 g/mol. The zero-order valence-electron chi connectivity index (χ0n) is 15.2. The topological polar surface area (TPSA) is 66.0 Å². The average Bonchev–Trinajstić information content (AvgIpc) is 3.07. The number of hydrogen-bond acceptors (Lipinski definition) is 3. The molecule has 7 heteroatoms. The van der Waals surface area contributed by atoms with Crippen molar-refractivity contribution in [2.45, 2.75) is 39.0 Å². The lowest BCUT2D eigenvalue weighted by atomic mass is 10.1. The number of ether oxygens (including phenoxy) is 1. The molecule has 1 heterocycles. The maximum absolute atomic E-state index is 11.8. The third kappa shape index (κ3) is 6.81. The maximum atomic E-state index is 11.8. The van der Waals surface area contributed by atoms with Crippen LogP contribution in [0.15, 0.2) is 29.3 Å². The molecule has 1 aromatic carbocycles. The van der Waals surface area contributed by atoms with Crippen LogP contribution in [-0.2, 0) is 22.7 Å². The van der Waals surface area contributed by atoms with Crippen molar-refractivity contribution in [1.29, 1.82) is 0 Å². The summed E-state index contributed by atoms with van der Waals surface area (Å²) in [5, 5.41) is 6.74. The van der Waals surface area contributed by atoms with Crippen molar-refractivity contribution >= 4 is 35.8 Å². The number of nitrogens with zero attached hydrogens (tertiary/aromatic N) is 2. The van der Waals surface area contributed by atoms with Crippen LogP contribution in [0.1, 0.15) is 30.9 Å². The van der Waals surface area contributed by atoms with Gasteiger partial charge >= 0.3 is 0 Å². The van der Waals surface area contributed by atoms with Crippen molar-refractivity contribution in [3.05, 3.63) is 35.4 Å². The molecule has 1 fully saturated rings. The molecule has 1 aliphatic rings. The Labute approximate surface area is 167 Å². The van der Waals surface area contributed by atoms with Crippen LogP contribution in [0.4, 0.5) is 0 Å². The molecule has 1 amide bonds. The first-order valence-electron chi connectivity index (χ1n) is 8.48. The standard InChI is InChI=1S/C18H28N4O2.HI/c1-4-17(23)22-9-8-16(12-22)21-18(19-2)20-11-14-6-5-7-15(10-14)13-24-3;/h5-7,10,16H,4,8-9,11-13H2,1-3H3,(H2,19,20,21);1H. The van der Waals surface area contributed by atoms with Gasteiger partial charge in [-0.25, -0.2) is 0 Å². The highest BCUT2D eigenvalue weighted by molar-refractivity contribution is 14.0. The minimum absolute atomic E-state index is 0. The Balaban J connectivity index is 0.00000312. The summed E-state index contributed by atoms with van der Waals surface area (Å²) in [5.74, 6) is 0.986. The minimum atomic E-state index is 0. The van der Waals surface area contributed by atoms with Gasteiger partial charge in [-0.1, -0.05) is 31.2 Å². The van der Waals surface area contributed by atoms with Gasteiger partial charge in [0.2, 0.25) is 5.91 Å². The molecule has 0 bridgehead atoms. The van der Waals surface area contributed by atoms with Crippen molar-refractivity contribution in [3.63, 3.8) is 0 Å². The Morgan fingerprint density at radius 3 is 2.84 bits per heavy atom. The number of carbonyl (C=O) groups is 1. The molecular formula is C18H29IN4O2. The van der Waals surface area contributed by atoms with Gasteiger partial charge < -0.3 is 20.3 Å². The van der Waals surface area contributed by atoms with Gasteiger partial charge in [-0.3, -0.25) is 9.79 Å². The normalized spacial score (nSPS) is 17.2. The Hall–Kier alpha value is -1.35. The van der Waals surface area contributed by atoms with Gasteiger partial charge in [-0.15, -0.1) is 24.0 Å². The van der Waals surface area contributed by atoms with Gasteiger partial charge in [-0.2, -0.15) is 0 Å². The fraction of sp³-hybridized carbons (Fsp3) is 0.556. The van der Waals surface area contributed by atoms with Crippen molar-refractivity contribution in [2.24, 2.45) is 4.99 Å². The Morgan fingerprint density at radius 2 is 2.16 bits per heavy atom. The van der Waals surface area contributed by atoms with E-state index in [1.807, 2.05) is 17.9 Å². The summed E-state index contributed by atoms with van der Waals surface area (Å²) in [5.41, 5.74) is 2.34. The number of nitrogens with one attached hydrogen (secondary N) is 2. The first-order valence-corrected chi connectivity index (χ1v) is 8.48. The smallest absolute Gasteiger partial charge is 0.222 e. The van der Waals surface area contributed by atoms with Crippen LogP contribution < -0.4 is 10.6 Å². The van der Waals surface area contributed by atoms with Crippen LogP contribution in [-0.4, -0.2) is 50.1 Å². The van der Waals surface area contributed by atoms with E-state index in [2.05, 4.69) is 33.8 Å². The van der Waals surface area contributed by atoms with E-state index in [9.17, 15) is 4.79 Å². The monoisotopic (exact) mass is 460 g/mol. The third-order valence-corrected chi connectivity index (χ3v) is 4.17. The number of amides is 1. The lowest BCUT2D eigenvalue weighted by molar-refractivity contribution is -0.129. The highest BCUT2D eigenvalue weighted by Gasteiger charge is 2.25. The van der Waals surface area contributed by atoms with E-state index < -0.39 is 0 Å². The van der Waals surface area contributed by atoms with Crippen molar-refractivity contribution in [1.82, 2.24) is 15.5 Å². The van der Waals surface area contributed by atoms with E-state index in [1.54, 1.807) is 14.2 Å². The van der Waals surface area contributed by atoms with Crippen LogP contribution >= 0.6 is 24.0 Å². The number of likely N-dealkylation sites (tertiary alicyclic amines) is 1. The molecule has 1 aromatic rings. The second-order valence-corrected chi connectivity index (χ2v) is 6.00.